The first-order valence-corrected chi connectivity index (χ1v) is 4.75. The zero-order chi connectivity index (χ0) is 8.48. The minimum absolute atomic E-state index is 0.672. The summed E-state index contributed by atoms with van der Waals surface area (Å²) in [7, 11) is 0. The lowest BCUT2D eigenvalue weighted by Gasteiger charge is -2.10. The van der Waals surface area contributed by atoms with Gasteiger partial charge in [0.1, 0.15) is 0 Å². The molecule has 0 amide bonds. The Bertz CT molecular complexity index is 237. The van der Waals surface area contributed by atoms with Gasteiger partial charge in [0.25, 0.3) is 0 Å². The molecule has 0 aliphatic carbocycles. The first-order valence-electron chi connectivity index (χ1n) is 2.83. The second-order valence-electron chi connectivity index (χ2n) is 2.00. The Balaban J connectivity index is 2.99. The monoisotopic (exact) mass is 272 g/mol. The maximum absolute atomic E-state index is 5.63. The molecule has 11 heavy (non-hydrogen) atoms. The van der Waals surface area contributed by atoms with Gasteiger partial charge in [-0.05, 0) is 12.1 Å². The van der Waals surface area contributed by atoms with E-state index in [1.807, 2.05) is 12.1 Å². The van der Waals surface area contributed by atoms with Crippen LogP contribution in [0.2, 0.25) is 0 Å². The summed E-state index contributed by atoms with van der Waals surface area (Å²) in [5, 5.41) is 0. The minimum Gasteiger partial charge on any atom is -0.0784 e. The van der Waals surface area contributed by atoms with Gasteiger partial charge in [-0.15, -0.1) is 0 Å². The Hall–Kier alpha value is 0.570. The molecule has 0 aliphatic rings. The van der Waals surface area contributed by atoms with Gasteiger partial charge >= 0.3 is 0 Å². The predicted molar refractivity (Wildman–Crippen MR) is 53.4 cm³/mol. The van der Waals surface area contributed by atoms with Crippen molar-refractivity contribution < 1.29 is 0 Å². The topological polar surface area (TPSA) is 0 Å². The average molecular weight is 274 g/mol. The molecule has 0 radical (unpaired) electrons. The summed E-state index contributed by atoms with van der Waals surface area (Å²) < 4.78 is -0.351. The van der Waals surface area contributed by atoms with Crippen molar-refractivity contribution in [3.63, 3.8) is 0 Å². The van der Waals surface area contributed by atoms with Gasteiger partial charge in [-0.2, -0.15) is 0 Å². The molecule has 0 saturated heterocycles. The first-order chi connectivity index (χ1) is 5.00. The third-order valence-corrected chi connectivity index (χ3v) is 2.35. The van der Waals surface area contributed by atoms with Crippen molar-refractivity contribution in [2.24, 2.45) is 0 Å². The van der Waals surface area contributed by atoms with Crippen molar-refractivity contribution in [1.82, 2.24) is 0 Å². The highest BCUT2D eigenvalue weighted by molar-refractivity contribution is 9.10. The average Bonchev–Trinajstić information content (AvgIpc) is 1.86. The Morgan fingerprint density at radius 3 is 1.82 bits per heavy atom. The Labute approximate surface area is 88.6 Å². The summed E-state index contributed by atoms with van der Waals surface area (Å²) >= 11 is 20.2. The molecule has 0 aliphatic heterocycles. The fourth-order valence-electron chi connectivity index (χ4n) is 0.639. The van der Waals surface area contributed by atoms with Crippen LogP contribution in [0.5, 0.6) is 0 Å². The lowest BCUT2D eigenvalue weighted by molar-refractivity contribution is 1.24. The van der Waals surface area contributed by atoms with Crippen molar-refractivity contribution >= 4 is 50.7 Å². The fourth-order valence-corrected chi connectivity index (χ4v) is 1.28. The second-order valence-corrected chi connectivity index (χ2v) is 5.20. The highest BCUT2D eigenvalue weighted by Gasteiger charge is 2.21. The zero-order valence-electron chi connectivity index (χ0n) is 5.32. The van der Waals surface area contributed by atoms with E-state index in [1.54, 1.807) is 12.1 Å². The van der Waals surface area contributed by atoms with Crippen LogP contribution in [0.1, 0.15) is 5.56 Å². The number of hydrogen-bond acceptors (Lipinski definition) is 0. The van der Waals surface area contributed by atoms with E-state index in [0.717, 1.165) is 4.47 Å². The normalized spacial score (nSPS) is 11.6. The van der Waals surface area contributed by atoms with Crippen LogP contribution in [0.15, 0.2) is 28.7 Å². The predicted octanol–water partition coefficient (Wildman–Crippen LogP) is 4.28. The maximum Gasteiger partial charge on any atom is 0.216 e. The van der Waals surface area contributed by atoms with E-state index in [9.17, 15) is 0 Å². The molecule has 0 aromatic heterocycles. The molecule has 4 heteroatoms. The standard InChI is InChI=1S/C7H4BrCl3/c8-6-3-1-5(2-4-6)7(9,10)11/h1-4H. The van der Waals surface area contributed by atoms with Crippen LogP contribution in [0.3, 0.4) is 0 Å². The highest BCUT2D eigenvalue weighted by atomic mass is 79.9. The molecular formula is C7H4BrCl3. The van der Waals surface area contributed by atoms with Crippen LogP contribution >= 0.6 is 50.7 Å². The molecule has 0 N–H and O–H groups in total. The van der Waals surface area contributed by atoms with Crippen LogP contribution < -0.4 is 0 Å². The molecule has 0 heterocycles. The third kappa shape index (κ3) is 2.83. The van der Waals surface area contributed by atoms with Crippen molar-refractivity contribution in [3.05, 3.63) is 34.3 Å². The number of rotatable bonds is 0. The molecule has 0 unspecified atom stereocenters. The Morgan fingerprint density at radius 1 is 1.00 bits per heavy atom. The molecule has 1 rings (SSSR count). The minimum atomic E-state index is -1.32. The van der Waals surface area contributed by atoms with Gasteiger partial charge in [0.2, 0.25) is 3.79 Å². The van der Waals surface area contributed by atoms with Crippen molar-refractivity contribution in [3.8, 4) is 0 Å². The molecule has 0 bridgehead atoms. The third-order valence-electron chi connectivity index (χ3n) is 1.17. The zero-order valence-corrected chi connectivity index (χ0v) is 9.18. The van der Waals surface area contributed by atoms with E-state index in [2.05, 4.69) is 15.9 Å². The molecule has 60 valence electrons. The van der Waals surface area contributed by atoms with Gasteiger partial charge in [0, 0.05) is 10.0 Å². The van der Waals surface area contributed by atoms with Gasteiger partial charge in [-0.3, -0.25) is 0 Å². The highest BCUT2D eigenvalue weighted by Crippen LogP contribution is 2.38. The molecule has 1 aromatic rings. The van der Waals surface area contributed by atoms with Gasteiger partial charge in [0.15, 0.2) is 0 Å². The summed E-state index contributed by atoms with van der Waals surface area (Å²) in [4.78, 5) is 0. The van der Waals surface area contributed by atoms with Crippen LogP contribution in [0.25, 0.3) is 0 Å². The molecule has 0 fully saturated rings. The summed E-state index contributed by atoms with van der Waals surface area (Å²) in [5.41, 5.74) is 0.672. The van der Waals surface area contributed by atoms with Crippen LogP contribution in [0.4, 0.5) is 0 Å². The second kappa shape index (κ2) is 3.53. The van der Waals surface area contributed by atoms with Crippen molar-refractivity contribution in [2.45, 2.75) is 3.79 Å². The van der Waals surface area contributed by atoms with E-state index in [4.69, 9.17) is 34.8 Å². The summed E-state index contributed by atoms with van der Waals surface area (Å²) in [5.74, 6) is 0. The van der Waals surface area contributed by atoms with Gasteiger partial charge in [-0.1, -0.05) is 62.9 Å². The molecule has 0 saturated carbocycles. The van der Waals surface area contributed by atoms with Crippen LogP contribution in [-0.4, -0.2) is 0 Å². The number of hydrogen-bond donors (Lipinski definition) is 0. The molecular weight excluding hydrogens is 270 g/mol. The SMILES string of the molecule is ClC(Cl)(Cl)c1ccc(Br)cc1. The van der Waals surface area contributed by atoms with Gasteiger partial charge in [0.05, 0.1) is 0 Å². The largest absolute Gasteiger partial charge is 0.216 e. The van der Waals surface area contributed by atoms with Gasteiger partial charge in [-0.25, -0.2) is 0 Å². The summed E-state index contributed by atoms with van der Waals surface area (Å²) in [6.45, 7) is 0. The first kappa shape index (κ1) is 9.66. The van der Waals surface area contributed by atoms with Crippen LogP contribution in [-0.2, 0) is 3.79 Å². The van der Waals surface area contributed by atoms with Crippen molar-refractivity contribution in [1.29, 1.82) is 0 Å². The van der Waals surface area contributed by atoms with E-state index < -0.39 is 3.79 Å². The maximum atomic E-state index is 5.63. The Morgan fingerprint density at radius 2 is 1.45 bits per heavy atom. The van der Waals surface area contributed by atoms with Crippen molar-refractivity contribution in [2.75, 3.05) is 0 Å². The molecule has 0 spiro atoms. The number of benzene rings is 1. The van der Waals surface area contributed by atoms with Crippen LogP contribution in [0, 0.1) is 0 Å². The molecule has 1 aromatic carbocycles. The molecule has 0 atom stereocenters. The van der Waals surface area contributed by atoms with E-state index >= 15 is 0 Å². The Kier molecular flexibility index (Phi) is 3.10. The van der Waals surface area contributed by atoms with E-state index in [0.29, 0.717) is 5.56 Å². The number of halogens is 4. The summed E-state index contributed by atoms with van der Waals surface area (Å²) in [6.07, 6.45) is 0. The smallest absolute Gasteiger partial charge is 0.0784 e. The molecule has 0 nitrogen and oxygen atoms in total. The quantitative estimate of drug-likeness (QED) is 0.620. The lowest BCUT2D eigenvalue weighted by Crippen LogP contribution is -1.98. The lowest BCUT2D eigenvalue weighted by atomic mass is 10.2. The van der Waals surface area contributed by atoms with E-state index in [-0.39, 0.29) is 0 Å². The number of alkyl halides is 3. The van der Waals surface area contributed by atoms with E-state index in [1.165, 1.54) is 0 Å². The van der Waals surface area contributed by atoms with Gasteiger partial charge < -0.3 is 0 Å². The fraction of sp³-hybridized carbons (Fsp3) is 0.143. The summed E-state index contributed by atoms with van der Waals surface area (Å²) in [6, 6.07) is 7.18.